The van der Waals surface area contributed by atoms with E-state index in [-0.39, 0.29) is 24.0 Å². The van der Waals surface area contributed by atoms with Gasteiger partial charge in [0.05, 0.1) is 20.8 Å². The first kappa shape index (κ1) is 22.6. The van der Waals surface area contributed by atoms with Gasteiger partial charge in [-0.15, -0.1) is 35.3 Å². The highest BCUT2D eigenvalue weighted by atomic mass is 127. The second-order valence-electron chi connectivity index (χ2n) is 6.42. The zero-order valence-electron chi connectivity index (χ0n) is 16.6. The Morgan fingerprint density at radius 3 is 2.61 bits per heavy atom. The lowest BCUT2D eigenvalue weighted by Crippen LogP contribution is -2.44. The Hall–Kier alpha value is -1.68. The van der Waals surface area contributed by atoms with E-state index >= 15 is 0 Å². The molecule has 6 nitrogen and oxygen atoms in total. The Balaban J connectivity index is 0.00000280. The molecule has 0 amide bonds. The Bertz CT molecular complexity index is 732. The van der Waals surface area contributed by atoms with Gasteiger partial charge < -0.3 is 25.0 Å². The molecule has 1 unspecified atom stereocenters. The van der Waals surface area contributed by atoms with Crippen LogP contribution in [-0.2, 0) is 6.54 Å². The maximum absolute atomic E-state index is 5.40. The smallest absolute Gasteiger partial charge is 0.191 e. The van der Waals surface area contributed by atoms with Crippen LogP contribution in [0.5, 0.6) is 11.5 Å². The zero-order valence-corrected chi connectivity index (χ0v) is 19.8. The molecule has 1 aliphatic heterocycles. The standard InChI is InChI=1S/C20H28N4O2S.HI/c1-4-21-20(22-13-19-6-5-9-27-19)23-15-7-8-24(14-15)16-10-17(25-2)12-18(11-16)26-3;/h5-6,9-12,15H,4,7-8,13-14H2,1-3H3,(H2,21,22,23);1H. The lowest BCUT2D eigenvalue weighted by Gasteiger charge is -2.21. The fraction of sp³-hybridized carbons (Fsp3) is 0.450. The van der Waals surface area contributed by atoms with Gasteiger partial charge in [0.2, 0.25) is 0 Å². The van der Waals surface area contributed by atoms with Crippen molar-refractivity contribution in [2.75, 3.05) is 38.8 Å². The number of hydrogen-bond donors (Lipinski definition) is 2. The van der Waals surface area contributed by atoms with Crippen LogP contribution in [0.3, 0.4) is 0 Å². The van der Waals surface area contributed by atoms with Gasteiger partial charge >= 0.3 is 0 Å². The number of benzene rings is 1. The summed E-state index contributed by atoms with van der Waals surface area (Å²) < 4.78 is 10.8. The van der Waals surface area contributed by atoms with E-state index in [1.54, 1.807) is 25.6 Å². The van der Waals surface area contributed by atoms with E-state index < -0.39 is 0 Å². The minimum Gasteiger partial charge on any atom is -0.497 e. The second-order valence-corrected chi connectivity index (χ2v) is 7.45. The Kier molecular flexibility index (Phi) is 9.17. The molecule has 2 heterocycles. The monoisotopic (exact) mass is 516 g/mol. The lowest BCUT2D eigenvalue weighted by atomic mass is 10.2. The highest BCUT2D eigenvalue weighted by molar-refractivity contribution is 14.0. The number of nitrogens with zero attached hydrogens (tertiary/aromatic N) is 2. The minimum absolute atomic E-state index is 0. The summed E-state index contributed by atoms with van der Waals surface area (Å²) in [5.41, 5.74) is 1.12. The summed E-state index contributed by atoms with van der Waals surface area (Å²) in [5, 5.41) is 9.01. The number of anilines is 1. The number of rotatable bonds is 7. The van der Waals surface area contributed by atoms with Crippen molar-refractivity contribution in [2.24, 2.45) is 4.99 Å². The minimum atomic E-state index is 0. The number of aliphatic imine (C=N–C) groups is 1. The van der Waals surface area contributed by atoms with Crippen molar-refractivity contribution in [1.82, 2.24) is 10.6 Å². The quantitative estimate of drug-likeness (QED) is 0.334. The highest BCUT2D eigenvalue weighted by Gasteiger charge is 2.24. The Morgan fingerprint density at radius 2 is 2.00 bits per heavy atom. The molecule has 0 saturated carbocycles. The average molecular weight is 516 g/mol. The van der Waals surface area contributed by atoms with Crippen molar-refractivity contribution >= 4 is 47.0 Å². The largest absolute Gasteiger partial charge is 0.497 e. The van der Waals surface area contributed by atoms with Crippen LogP contribution >= 0.6 is 35.3 Å². The molecule has 1 atom stereocenters. The molecule has 1 saturated heterocycles. The summed E-state index contributed by atoms with van der Waals surface area (Å²) in [7, 11) is 3.36. The number of nitrogens with one attached hydrogen (secondary N) is 2. The number of hydrogen-bond acceptors (Lipinski definition) is 5. The summed E-state index contributed by atoms with van der Waals surface area (Å²) in [5.74, 6) is 2.50. The van der Waals surface area contributed by atoms with Crippen LogP contribution in [0.2, 0.25) is 0 Å². The molecule has 1 fully saturated rings. The average Bonchev–Trinajstić information content (AvgIpc) is 3.38. The van der Waals surface area contributed by atoms with Crippen molar-refractivity contribution in [2.45, 2.75) is 25.9 Å². The summed E-state index contributed by atoms with van der Waals surface area (Å²) in [6, 6.07) is 10.5. The molecular formula is C20H29IN4O2S. The van der Waals surface area contributed by atoms with Gasteiger partial charge in [-0.05, 0) is 24.8 Å². The van der Waals surface area contributed by atoms with E-state index in [4.69, 9.17) is 14.5 Å². The fourth-order valence-electron chi connectivity index (χ4n) is 3.16. The van der Waals surface area contributed by atoms with E-state index in [1.165, 1.54) is 4.88 Å². The molecule has 0 bridgehead atoms. The predicted molar refractivity (Wildman–Crippen MR) is 128 cm³/mol. The summed E-state index contributed by atoms with van der Waals surface area (Å²) in [6.45, 7) is 5.54. The predicted octanol–water partition coefficient (Wildman–Crippen LogP) is 3.72. The van der Waals surface area contributed by atoms with E-state index in [0.717, 1.165) is 49.2 Å². The SMILES string of the molecule is CCNC(=NCc1cccs1)NC1CCN(c2cc(OC)cc(OC)c2)C1.I. The van der Waals surface area contributed by atoms with E-state index in [2.05, 4.69) is 52.1 Å². The molecule has 0 spiro atoms. The number of methoxy groups -OCH3 is 2. The third-order valence-electron chi connectivity index (χ3n) is 4.55. The summed E-state index contributed by atoms with van der Waals surface area (Å²) in [6.07, 6.45) is 1.06. The van der Waals surface area contributed by atoms with Gasteiger partial charge in [0, 0.05) is 54.4 Å². The van der Waals surface area contributed by atoms with Gasteiger partial charge in [0.1, 0.15) is 11.5 Å². The molecular weight excluding hydrogens is 487 g/mol. The molecule has 0 aliphatic carbocycles. The molecule has 0 radical (unpaired) electrons. The lowest BCUT2D eigenvalue weighted by molar-refractivity contribution is 0.394. The van der Waals surface area contributed by atoms with Gasteiger partial charge in [0.25, 0.3) is 0 Å². The topological polar surface area (TPSA) is 58.1 Å². The van der Waals surface area contributed by atoms with Crippen LogP contribution in [0.25, 0.3) is 0 Å². The normalized spacial score (nSPS) is 16.5. The fourth-order valence-corrected chi connectivity index (χ4v) is 3.79. The molecule has 1 aromatic heterocycles. The Labute approximate surface area is 188 Å². The van der Waals surface area contributed by atoms with Crippen LogP contribution in [0.1, 0.15) is 18.2 Å². The molecule has 3 rings (SSSR count). The van der Waals surface area contributed by atoms with E-state index in [9.17, 15) is 0 Å². The third-order valence-corrected chi connectivity index (χ3v) is 5.41. The molecule has 154 valence electrons. The molecule has 28 heavy (non-hydrogen) atoms. The van der Waals surface area contributed by atoms with Gasteiger partial charge in [-0.3, -0.25) is 0 Å². The van der Waals surface area contributed by atoms with Crippen LogP contribution in [0.4, 0.5) is 5.69 Å². The summed E-state index contributed by atoms with van der Waals surface area (Å²) >= 11 is 1.74. The van der Waals surface area contributed by atoms with Crippen molar-refractivity contribution in [3.05, 3.63) is 40.6 Å². The van der Waals surface area contributed by atoms with E-state index in [0.29, 0.717) is 12.6 Å². The van der Waals surface area contributed by atoms with Gasteiger partial charge in [-0.25, -0.2) is 4.99 Å². The molecule has 8 heteroatoms. The second kappa shape index (κ2) is 11.4. The number of halogens is 1. The van der Waals surface area contributed by atoms with Crippen molar-refractivity contribution in [3.63, 3.8) is 0 Å². The van der Waals surface area contributed by atoms with Crippen LogP contribution in [0, 0.1) is 0 Å². The van der Waals surface area contributed by atoms with Crippen molar-refractivity contribution in [1.29, 1.82) is 0 Å². The maximum atomic E-state index is 5.40. The zero-order chi connectivity index (χ0) is 19.1. The van der Waals surface area contributed by atoms with Crippen molar-refractivity contribution < 1.29 is 9.47 Å². The molecule has 2 N–H and O–H groups in total. The summed E-state index contributed by atoms with van der Waals surface area (Å²) in [4.78, 5) is 8.34. The first-order chi connectivity index (χ1) is 13.2. The number of thiophene rings is 1. The maximum Gasteiger partial charge on any atom is 0.191 e. The van der Waals surface area contributed by atoms with Gasteiger partial charge in [-0.2, -0.15) is 0 Å². The molecule has 1 aromatic carbocycles. The van der Waals surface area contributed by atoms with Crippen LogP contribution in [-0.4, -0.2) is 45.9 Å². The third kappa shape index (κ3) is 6.16. The highest BCUT2D eigenvalue weighted by Crippen LogP contribution is 2.30. The van der Waals surface area contributed by atoms with Gasteiger partial charge in [0.15, 0.2) is 5.96 Å². The number of guanidine groups is 1. The van der Waals surface area contributed by atoms with Crippen LogP contribution < -0.4 is 25.0 Å². The van der Waals surface area contributed by atoms with Crippen molar-refractivity contribution in [3.8, 4) is 11.5 Å². The van der Waals surface area contributed by atoms with E-state index in [1.807, 2.05) is 6.07 Å². The first-order valence-electron chi connectivity index (χ1n) is 9.27. The molecule has 2 aromatic rings. The molecule has 1 aliphatic rings. The number of ether oxygens (including phenoxy) is 2. The Morgan fingerprint density at radius 1 is 1.25 bits per heavy atom. The van der Waals surface area contributed by atoms with Crippen LogP contribution in [0.15, 0.2) is 40.7 Å². The van der Waals surface area contributed by atoms with Gasteiger partial charge in [-0.1, -0.05) is 6.07 Å². The first-order valence-corrected chi connectivity index (χ1v) is 10.1.